The zero-order valence-corrected chi connectivity index (χ0v) is 22.0. The number of halogens is 1. The molecule has 0 saturated heterocycles. The summed E-state index contributed by atoms with van der Waals surface area (Å²) in [7, 11) is 0. The van der Waals surface area contributed by atoms with Crippen LogP contribution in [0.2, 0.25) is 5.02 Å². The molecular formula is C27H36ClN3O3-2. The number of fused-ring (bicyclic) bond motifs is 1. The number of nitrogens with zero attached hydrogens (tertiary/aromatic N) is 2. The van der Waals surface area contributed by atoms with E-state index in [-0.39, 0.29) is 11.0 Å². The fraction of sp³-hybridized carbons (Fsp3) is 0.593. The van der Waals surface area contributed by atoms with Crippen LogP contribution in [0.25, 0.3) is 0 Å². The van der Waals surface area contributed by atoms with E-state index in [1.165, 1.54) is 4.68 Å². The van der Waals surface area contributed by atoms with Gasteiger partial charge in [0, 0.05) is 39.6 Å². The molecule has 6 nitrogen and oxygen atoms in total. The number of anilines is 1. The molecule has 1 N–H and O–H groups in total. The van der Waals surface area contributed by atoms with E-state index < -0.39 is 29.6 Å². The molecular weight excluding hydrogens is 450 g/mol. The summed E-state index contributed by atoms with van der Waals surface area (Å²) in [5.74, 6) is -1.51. The van der Waals surface area contributed by atoms with E-state index in [1.807, 2.05) is 45.0 Å². The van der Waals surface area contributed by atoms with E-state index >= 15 is 0 Å². The third kappa shape index (κ3) is 3.84. The lowest BCUT2D eigenvalue weighted by Crippen LogP contribution is -2.65. The Kier molecular flexibility index (Phi) is 6.33. The molecule has 4 rings (SSSR count). The van der Waals surface area contributed by atoms with Gasteiger partial charge in [-0.15, -0.1) is 12.2 Å². The van der Waals surface area contributed by atoms with Gasteiger partial charge in [0.1, 0.15) is 0 Å². The molecule has 2 heterocycles. The van der Waals surface area contributed by atoms with Gasteiger partial charge in [0.15, 0.2) is 0 Å². The number of aryl methyl sites for hydroxylation is 1. The monoisotopic (exact) mass is 485 g/mol. The molecule has 2 aliphatic rings. The summed E-state index contributed by atoms with van der Waals surface area (Å²) >= 11 is 6.32. The van der Waals surface area contributed by atoms with E-state index in [0.717, 1.165) is 36.3 Å². The van der Waals surface area contributed by atoms with Crippen LogP contribution in [0.1, 0.15) is 77.1 Å². The van der Waals surface area contributed by atoms with Crippen LogP contribution >= 0.6 is 11.6 Å². The normalized spacial score (nSPS) is 27.2. The van der Waals surface area contributed by atoms with E-state index in [2.05, 4.69) is 30.8 Å². The Hall–Kier alpha value is -2.02. The zero-order valence-electron chi connectivity index (χ0n) is 21.2. The highest BCUT2D eigenvalue weighted by molar-refractivity contribution is 6.30. The number of aromatic amines is 1. The smallest absolute Gasteiger partial charge is 0.270 e. The minimum absolute atomic E-state index is 0.254. The average Bonchev–Trinajstić information content (AvgIpc) is 3.15. The molecule has 186 valence electrons. The molecule has 2 atom stereocenters. The molecule has 1 aromatic carbocycles. The Bertz CT molecular complexity index is 1160. The number of hydrogen-bond acceptors (Lipinski definition) is 4. The van der Waals surface area contributed by atoms with Gasteiger partial charge in [0.25, 0.3) is 5.56 Å². The zero-order chi connectivity index (χ0) is 25.2. The summed E-state index contributed by atoms with van der Waals surface area (Å²) in [6.07, 6.45) is 1.64. The Morgan fingerprint density at radius 1 is 1.21 bits per heavy atom. The van der Waals surface area contributed by atoms with E-state index in [9.17, 15) is 15.0 Å². The molecule has 0 amide bonds. The summed E-state index contributed by atoms with van der Waals surface area (Å²) < 4.78 is 1.52. The second-order valence-electron chi connectivity index (χ2n) is 11.3. The van der Waals surface area contributed by atoms with Crippen LogP contribution in [0.5, 0.6) is 0 Å². The minimum atomic E-state index is -1.15. The maximum absolute atomic E-state index is 13.4. The van der Waals surface area contributed by atoms with E-state index in [1.54, 1.807) is 6.92 Å². The molecule has 1 saturated carbocycles. The fourth-order valence-electron chi connectivity index (χ4n) is 5.54. The van der Waals surface area contributed by atoms with E-state index in [0.29, 0.717) is 16.3 Å². The summed E-state index contributed by atoms with van der Waals surface area (Å²) in [5, 5.41) is 30.6. The quantitative estimate of drug-likeness (QED) is 0.701. The largest absolute Gasteiger partial charge is 0.851 e. The Morgan fingerprint density at radius 3 is 2.41 bits per heavy atom. The Balaban J connectivity index is 1.70. The third-order valence-electron chi connectivity index (χ3n) is 7.53. The standard InChI is InChI=1S/C27H36ClN3O3/c1-8-9-12-30-19-11-10-16(28)13-18(19)27(6,7)20(30)14-17-23(32)22(24(17)33)21-15(2)29-31(25(21)34)26(3,4)5/h10-11,13-14,17,22-24,29H,8-9,12H2,1-7H3/q-2. The molecule has 2 unspecified atom stereocenters. The predicted molar refractivity (Wildman–Crippen MR) is 133 cm³/mol. The van der Waals surface area contributed by atoms with Gasteiger partial charge in [0.05, 0.1) is 5.54 Å². The van der Waals surface area contributed by atoms with Gasteiger partial charge in [-0.05, 0) is 69.7 Å². The van der Waals surface area contributed by atoms with Crippen molar-refractivity contribution in [2.45, 2.75) is 90.4 Å². The molecule has 0 spiro atoms. The highest BCUT2D eigenvalue weighted by Gasteiger charge is 2.44. The number of rotatable bonds is 5. The molecule has 7 heteroatoms. The van der Waals surface area contributed by atoms with Crippen LogP contribution in [0.3, 0.4) is 0 Å². The number of hydrogen-bond donors (Lipinski definition) is 1. The predicted octanol–water partition coefficient (Wildman–Crippen LogP) is 3.55. The Morgan fingerprint density at radius 2 is 1.85 bits per heavy atom. The lowest BCUT2D eigenvalue weighted by Gasteiger charge is -2.60. The van der Waals surface area contributed by atoms with Crippen LogP contribution in [-0.2, 0) is 11.0 Å². The van der Waals surface area contributed by atoms with Crippen molar-refractivity contribution >= 4 is 17.3 Å². The van der Waals surface area contributed by atoms with Gasteiger partial charge in [-0.3, -0.25) is 9.89 Å². The maximum atomic E-state index is 13.4. The molecule has 34 heavy (non-hydrogen) atoms. The van der Waals surface area contributed by atoms with Crippen molar-refractivity contribution in [1.29, 1.82) is 0 Å². The van der Waals surface area contributed by atoms with Gasteiger partial charge in [-0.25, -0.2) is 4.68 Å². The van der Waals surface area contributed by atoms with Crippen LogP contribution < -0.4 is 20.7 Å². The van der Waals surface area contributed by atoms with Gasteiger partial charge in [-0.1, -0.05) is 44.9 Å². The van der Waals surface area contributed by atoms with Crippen LogP contribution in [0.15, 0.2) is 34.8 Å². The van der Waals surface area contributed by atoms with Crippen molar-refractivity contribution < 1.29 is 10.2 Å². The van der Waals surface area contributed by atoms with Crippen molar-refractivity contribution in [2.24, 2.45) is 5.92 Å². The van der Waals surface area contributed by atoms with Gasteiger partial charge >= 0.3 is 0 Å². The number of aromatic nitrogens is 2. The Labute approximate surface area is 207 Å². The number of H-pyrrole nitrogens is 1. The first-order valence-corrected chi connectivity index (χ1v) is 12.6. The summed E-state index contributed by atoms with van der Waals surface area (Å²) in [5.41, 5.74) is 3.07. The van der Waals surface area contributed by atoms with Gasteiger partial charge < -0.3 is 15.1 Å². The summed E-state index contributed by atoms with van der Waals surface area (Å²) in [4.78, 5) is 15.3. The number of unbranched alkanes of at least 4 members (excludes halogenated alkanes) is 1. The number of allylic oxidation sites excluding steroid dienone is 1. The lowest BCUT2D eigenvalue weighted by atomic mass is 9.65. The molecule has 1 aliphatic carbocycles. The molecule has 2 aromatic rings. The summed E-state index contributed by atoms with van der Waals surface area (Å²) in [6, 6.07) is 5.90. The maximum Gasteiger partial charge on any atom is 0.270 e. The first-order valence-electron chi connectivity index (χ1n) is 12.2. The highest BCUT2D eigenvalue weighted by Crippen LogP contribution is 2.51. The molecule has 1 fully saturated rings. The minimum Gasteiger partial charge on any atom is -0.851 e. The molecule has 0 bridgehead atoms. The van der Waals surface area contributed by atoms with Crippen LogP contribution in [0, 0.1) is 12.8 Å². The van der Waals surface area contributed by atoms with E-state index in [4.69, 9.17) is 11.6 Å². The topological polar surface area (TPSA) is 87.2 Å². The second kappa shape index (κ2) is 8.58. The average molecular weight is 486 g/mol. The fourth-order valence-corrected chi connectivity index (χ4v) is 5.71. The molecule has 1 aromatic heterocycles. The van der Waals surface area contributed by atoms with Crippen LogP contribution in [0.4, 0.5) is 5.69 Å². The molecule has 1 aliphatic heterocycles. The SMILES string of the molecule is CCCCN1C(=CC2C([O-])C(c3c(C)[nH]n(C(C)(C)C)c3=O)C2[O-])C(C)(C)c2cc(Cl)ccc21. The lowest BCUT2D eigenvalue weighted by molar-refractivity contribution is -0.543. The summed E-state index contributed by atoms with van der Waals surface area (Å²) in [6.45, 7) is 14.7. The first kappa shape index (κ1) is 25.1. The van der Waals surface area contributed by atoms with Crippen molar-refractivity contribution in [3.8, 4) is 0 Å². The van der Waals surface area contributed by atoms with Crippen molar-refractivity contribution in [2.75, 3.05) is 11.4 Å². The highest BCUT2D eigenvalue weighted by atomic mass is 35.5. The van der Waals surface area contributed by atoms with Crippen LogP contribution in [-0.4, -0.2) is 28.5 Å². The van der Waals surface area contributed by atoms with Crippen molar-refractivity contribution in [1.82, 2.24) is 9.78 Å². The second-order valence-corrected chi connectivity index (χ2v) is 11.8. The van der Waals surface area contributed by atoms with Crippen molar-refractivity contribution in [3.63, 3.8) is 0 Å². The van der Waals surface area contributed by atoms with Crippen molar-refractivity contribution in [3.05, 3.63) is 62.2 Å². The first-order chi connectivity index (χ1) is 15.8. The number of benzene rings is 1. The van der Waals surface area contributed by atoms with Gasteiger partial charge in [-0.2, -0.15) is 0 Å². The third-order valence-corrected chi connectivity index (χ3v) is 7.76. The number of nitrogens with one attached hydrogen (secondary N) is 1. The van der Waals surface area contributed by atoms with Gasteiger partial charge in [0.2, 0.25) is 0 Å². The molecule has 0 radical (unpaired) electrons.